The number of hydrogen-bond acceptors (Lipinski definition) is 3. The number of amides is 1. The number of nitrogens with one attached hydrogen (secondary N) is 1. The van der Waals surface area contributed by atoms with Crippen LogP contribution in [-0.4, -0.2) is 23.9 Å². The average molecular weight is 355 g/mol. The molecule has 0 saturated carbocycles. The number of benzene rings is 1. The van der Waals surface area contributed by atoms with Crippen LogP contribution in [0.5, 0.6) is 0 Å². The summed E-state index contributed by atoms with van der Waals surface area (Å²) in [5, 5.41) is 4.09. The van der Waals surface area contributed by atoms with Gasteiger partial charge >= 0.3 is 0 Å². The van der Waals surface area contributed by atoms with Gasteiger partial charge in [-0.05, 0) is 50.7 Å². The van der Waals surface area contributed by atoms with E-state index in [9.17, 15) is 4.79 Å². The Morgan fingerprint density at radius 1 is 1.30 bits per heavy atom. The topological polar surface area (TPSA) is 45.5 Å². The summed E-state index contributed by atoms with van der Waals surface area (Å²) in [5.74, 6) is 0.749. The molecule has 0 bridgehead atoms. The molecule has 0 fully saturated rings. The molecular weight excluding hydrogens is 335 g/mol. The summed E-state index contributed by atoms with van der Waals surface area (Å²) < 4.78 is 5.31. The van der Waals surface area contributed by atoms with Gasteiger partial charge in [0.15, 0.2) is 0 Å². The van der Waals surface area contributed by atoms with Gasteiger partial charge in [-0.3, -0.25) is 9.69 Å². The normalized spacial score (nSPS) is 13.8. The second-order valence-corrected chi connectivity index (χ2v) is 6.41. The summed E-state index contributed by atoms with van der Waals surface area (Å²) in [5.41, 5.74) is 0.838. The zero-order valence-electron chi connectivity index (χ0n) is 13.3. The van der Waals surface area contributed by atoms with E-state index in [0.29, 0.717) is 16.6 Å². The highest BCUT2D eigenvalue weighted by Crippen LogP contribution is 2.26. The Morgan fingerprint density at radius 2 is 2.04 bits per heavy atom. The monoisotopic (exact) mass is 354 g/mol. The quantitative estimate of drug-likeness (QED) is 0.841. The third-order valence-corrected chi connectivity index (χ3v) is 4.38. The van der Waals surface area contributed by atoms with Crippen LogP contribution < -0.4 is 5.32 Å². The summed E-state index contributed by atoms with van der Waals surface area (Å²) >= 11 is 12.1. The molecule has 0 aliphatic carbocycles. The maximum atomic E-state index is 12.4. The minimum atomic E-state index is -0.298. The van der Waals surface area contributed by atoms with Crippen molar-refractivity contribution in [2.75, 3.05) is 7.05 Å². The predicted octanol–water partition coefficient (Wildman–Crippen LogP) is 4.28. The van der Waals surface area contributed by atoms with Crippen molar-refractivity contribution in [3.63, 3.8) is 0 Å². The van der Waals surface area contributed by atoms with Crippen molar-refractivity contribution in [2.24, 2.45) is 0 Å². The Kier molecular flexibility index (Phi) is 6.10. The van der Waals surface area contributed by atoms with E-state index < -0.39 is 0 Å². The summed E-state index contributed by atoms with van der Waals surface area (Å²) in [6.45, 7) is 4.32. The van der Waals surface area contributed by atoms with Gasteiger partial charge in [-0.25, -0.2) is 0 Å². The van der Waals surface area contributed by atoms with E-state index in [1.165, 1.54) is 0 Å². The van der Waals surface area contributed by atoms with Gasteiger partial charge in [-0.2, -0.15) is 0 Å². The first-order valence-electron chi connectivity index (χ1n) is 7.36. The molecule has 2 unspecified atom stereocenters. The second-order valence-electron chi connectivity index (χ2n) is 5.57. The van der Waals surface area contributed by atoms with Crippen LogP contribution >= 0.6 is 23.2 Å². The van der Waals surface area contributed by atoms with E-state index in [-0.39, 0.29) is 18.0 Å². The summed E-state index contributed by atoms with van der Waals surface area (Å²) in [4.78, 5) is 14.3. The van der Waals surface area contributed by atoms with Gasteiger partial charge in [0.1, 0.15) is 5.76 Å². The number of nitrogens with zero attached hydrogens (tertiary/aromatic N) is 1. The second kappa shape index (κ2) is 7.86. The molecule has 1 aromatic carbocycles. The number of furan rings is 1. The third kappa shape index (κ3) is 4.74. The van der Waals surface area contributed by atoms with Crippen LogP contribution in [0, 0.1) is 0 Å². The standard InChI is InChI=1S/C17H20Cl2N2O2/c1-11(15-7-6-13(18)9-16(15)19)20-17(22)12(2)21(3)10-14-5-4-8-23-14/h4-9,11-12H,10H2,1-3H3,(H,20,22). The van der Waals surface area contributed by atoms with E-state index in [4.69, 9.17) is 27.6 Å². The van der Waals surface area contributed by atoms with Crippen molar-refractivity contribution >= 4 is 29.1 Å². The molecule has 0 saturated heterocycles. The molecule has 2 rings (SSSR count). The molecule has 6 heteroatoms. The Labute approximate surface area is 146 Å². The van der Waals surface area contributed by atoms with Gasteiger partial charge in [0.2, 0.25) is 5.91 Å². The van der Waals surface area contributed by atoms with E-state index in [1.807, 2.05) is 44.0 Å². The molecule has 1 heterocycles. The van der Waals surface area contributed by atoms with Gasteiger partial charge in [0, 0.05) is 10.0 Å². The van der Waals surface area contributed by atoms with Crippen LogP contribution in [0.2, 0.25) is 10.0 Å². The van der Waals surface area contributed by atoms with E-state index in [1.54, 1.807) is 18.4 Å². The summed E-state index contributed by atoms with van der Waals surface area (Å²) in [6, 6.07) is 8.48. The molecule has 0 spiro atoms. The van der Waals surface area contributed by atoms with Crippen LogP contribution in [0.3, 0.4) is 0 Å². The maximum Gasteiger partial charge on any atom is 0.237 e. The average Bonchev–Trinajstić information content (AvgIpc) is 2.98. The molecule has 23 heavy (non-hydrogen) atoms. The zero-order valence-corrected chi connectivity index (χ0v) is 14.9. The molecule has 124 valence electrons. The Hall–Kier alpha value is -1.49. The highest BCUT2D eigenvalue weighted by Gasteiger charge is 2.21. The van der Waals surface area contributed by atoms with Crippen LogP contribution in [0.15, 0.2) is 41.0 Å². The Bertz CT molecular complexity index is 659. The SMILES string of the molecule is CC(NC(=O)C(C)N(C)Cc1ccco1)c1ccc(Cl)cc1Cl. The molecule has 0 aliphatic heterocycles. The van der Waals surface area contributed by atoms with Crippen LogP contribution in [0.25, 0.3) is 0 Å². The first kappa shape index (κ1) is 17.9. The molecule has 1 aromatic heterocycles. The summed E-state index contributed by atoms with van der Waals surface area (Å²) in [6.07, 6.45) is 1.62. The van der Waals surface area contributed by atoms with Crippen molar-refractivity contribution < 1.29 is 9.21 Å². The Balaban J connectivity index is 1.96. The van der Waals surface area contributed by atoms with Crippen LogP contribution in [0.4, 0.5) is 0 Å². The minimum absolute atomic E-state index is 0.0717. The van der Waals surface area contributed by atoms with Crippen molar-refractivity contribution in [3.05, 3.63) is 58.0 Å². The van der Waals surface area contributed by atoms with Gasteiger partial charge in [0.05, 0.1) is 24.9 Å². The van der Waals surface area contributed by atoms with Crippen LogP contribution in [0.1, 0.15) is 31.2 Å². The lowest BCUT2D eigenvalue weighted by molar-refractivity contribution is -0.126. The van der Waals surface area contributed by atoms with Crippen molar-refractivity contribution in [2.45, 2.75) is 32.5 Å². The molecule has 2 atom stereocenters. The van der Waals surface area contributed by atoms with Crippen molar-refractivity contribution in [3.8, 4) is 0 Å². The molecule has 0 radical (unpaired) electrons. The fourth-order valence-electron chi connectivity index (χ4n) is 2.25. The Morgan fingerprint density at radius 3 is 2.65 bits per heavy atom. The van der Waals surface area contributed by atoms with Gasteiger partial charge in [-0.15, -0.1) is 0 Å². The number of halogens is 2. The fourth-order valence-corrected chi connectivity index (χ4v) is 2.82. The van der Waals surface area contributed by atoms with E-state index >= 15 is 0 Å². The van der Waals surface area contributed by atoms with Crippen LogP contribution in [-0.2, 0) is 11.3 Å². The number of carbonyl (C=O) groups excluding carboxylic acids is 1. The molecule has 0 aliphatic rings. The third-order valence-electron chi connectivity index (χ3n) is 3.81. The smallest absolute Gasteiger partial charge is 0.237 e. The molecule has 1 N–H and O–H groups in total. The number of hydrogen-bond donors (Lipinski definition) is 1. The van der Waals surface area contributed by atoms with Gasteiger partial charge in [0.25, 0.3) is 0 Å². The molecule has 1 amide bonds. The summed E-state index contributed by atoms with van der Waals surface area (Å²) in [7, 11) is 1.88. The predicted molar refractivity (Wildman–Crippen MR) is 92.7 cm³/mol. The lowest BCUT2D eigenvalue weighted by atomic mass is 10.1. The van der Waals surface area contributed by atoms with Gasteiger partial charge < -0.3 is 9.73 Å². The molecule has 2 aromatic rings. The lowest BCUT2D eigenvalue weighted by Gasteiger charge is -2.25. The highest BCUT2D eigenvalue weighted by molar-refractivity contribution is 6.35. The van der Waals surface area contributed by atoms with E-state index in [0.717, 1.165) is 11.3 Å². The van der Waals surface area contributed by atoms with Gasteiger partial charge in [-0.1, -0.05) is 29.3 Å². The van der Waals surface area contributed by atoms with Crippen molar-refractivity contribution in [1.29, 1.82) is 0 Å². The zero-order chi connectivity index (χ0) is 17.0. The number of carbonyl (C=O) groups is 1. The maximum absolute atomic E-state index is 12.4. The minimum Gasteiger partial charge on any atom is -0.468 e. The van der Waals surface area contributed by atoms with Crippen molar-refractivity contribution in [1.82, 2.24) is 10.2 Å². The first-order valence-corrected chi connectivity index (χ1v) is 8.12. The van der Waals surface area contributed by atoms with E-state index in [2.05, 4.69) is 5.32 Å². The molecule has 4 nitrogen and oxygen atoms in total. The highest BCUT2D eigenvalue weighted by atomic mass is 35.5. The largest absolute Gasteiger partial charge is 0.468 e. The number of rotatable bonds is 6. The lowest BCUT2D eigenvalue weighted by Crippen LogP contribution is -2.43. The number of likely N-dealkylation sites (N-methyl/N-ethyl adjacent to an activating group) is 1. The fraction of sp³-hybridized carbons (Fsp3) is 0.353. The first-order chi connectivity index (χ1) is 10.9. The molecular formula is C17H20Cl2N2O2.